The first-order chi connectivity index (χ1) is 7.97. The molecular formula is C12H14NO3P. The summed E-state index contributed by atoms with van der Waals surface area (Å²) < 4.78 is 11.0. The molecule has 2 aromatic rings. The molecule has 2 N–H and O–H groups in total. The van der Waals surface area contributed by atoms with Crippen molar-refractivity contribution in [2.24, 2.45) is 0 Å². The minimum Gasteiger partial charge on any atom is -0.362 e. The van der Waals surface area contributed by atoms with Crippen LogP contribution in [-0.2, 0) is 4.57 Å². The van der Waals surface area contributed by atoms with E-state index in [0.717, 1.165) is 16.5 Å². The third-order valence-corrected chi connectivity index (χ3v) is 3.37. The largest absolute Gasteiger partial charge is 0.362 e. The van der Waals surface area contributed by atoms with Crippen LogP contribution in [0.15, 0.2) is 42.5 Å². The first-order valence-corrected chi connectivity index (χ1v) is 7.00. The summed E-state index contributed by atoms with van der Waals surface area (Å²) >= 11 is 0. The fourth-order valence-corrected chi connectivity index (χ4v) is 2.60. The normalized spacial score (nSPS) is 11.7. The van der Waals surface area contributed by atoms with Crippen molar-refractivity contribution in [1.29, 1.82) is 0 Å². The Labute approximate surface area is 99.7 Å². The predicted octanol–water partition coefficient (Wildman–Crippen LogP) is 2.41. The summed E-state index contributed by atoms with van der Waals surface area (Å²) in [4.78, 5) is 19.6. The molecule has 0 aliphatic rings. The van der Waals surface area contributed by atoms with E-state index in [1.807, 2.05) is 42.5 Å². The Bertz CT molecular complexity index is 573. The van der Waals surface area contributed by atoms with E-state index < -0.39 is 7.60 Å². The average molecular weight is 251 g/mol. The molecule has 2 rings (SSSR count). The Morgan fingerprint density at radius 2 is 1.76 bits per heavy atom. The maximum Gasteiger partial charge on any atom is 0.344 e. The monoisotopic (exact) mass is 251 g/mol. The molecule has 0 spiro atoms. The lowest BCUT2D eigenvalue weighted by Crippen LogP contribution is -2.18. The highest BCUT2D eigenvalue weighted by Crippen LogP contribution is 2.37. The van der Waals surface area contributed by atoms with E-state index >= 15 is 0 Å². The second-order valence-electron chi connectivity index (χ2n) is 4.00. The summed E-state index contributed by atoms with van der Waals surface area (Å²) in [5.74, 6) is 0. The van der Waals surface area contributed by atoms with Crippen LogP contribution in [-0.4, -0.2) is 23.1 Å². The molecule has 2 aromatic carbocycles. The highest BCUT2D eigenvalue weighted by Gasteiger charge is 2.17. The standard InChI is InChI=1S/C12H14NO3P/c1-13(9-17(14,15)16)12-8-4-6-10-5-2-3-7-11(10)12/h2-8H,9H2,1H3,(H2,14,15,16). The van der Waals surface area contributed by atoms with Gasteiger partial charge in [-0.2, -0.15) is 0 Å². The van der Waals surface area contributed by atoms with Crippen LogP contribution in [0.5, 0.6) is 0 Å². The van der Waals surface area contributed by atoms with Gasteiger partial charge < -0.3 is 14.7 Å². The predicted molar refractivity (Wildman–Crippen MR) is 69.3 cm³/mol. The van der Waals surface area contributed by atoms with E-state index in [1.165, 1.54) is 0 Å². The molecule has 0 atom stereocenters. The molecule has 0 bridgehead atoms. The van der Waals surface area contributed by atoms with Gasteiger partial charge in [0, 0.05) is 18.1 Å². The number of fused-ring (bicyclic) bond motifs is 1. The molecule has 0 saturated carbocycles. The molecular weight excluding hydrogens is 237 g/mol. The molecule has 90 valence electrons. The lowest BCUT2D eigenvalue weighted by molar-refractivity contribution is 0.373. The fourth-order valence-electron chi connectivity index (χ4n) is 1.89. The maximum atomic E-state index is 11.0. The zero-order chi connectivity index (χ0) is 12.5. The van der Waals surface area contributed by atoms with Crippen molar-refractivity contribution in [1.82, 2.24) is 0 Å². The van der Waals surface area contributed by atoms with Crippen molar-refractivity contribution in [2.75, 3.05) is 18.2 Å². The van der Waals surface area contributed by atoms with Gasteiger partial charge in [-0.3, -0.25) is 4.57 Å². The molecule has 0 unspecified atom stereocenters. The number of benzene rings is 2. The highest BCUT2D eigenvalue weighted by atomic mass is 31.2. The van der Waals surface area contributed by atoms with Crippen molar-refractivity contribution < 1.29 is 14.4 Å². The van der Waals surface area contributed by atoms with Gasteiger partial charge in [0.1, 0.15) is 6.29 Å². The van der Waals surface area contributed by atoms with Crippen LogP contribution >= 0.6 is 7.60 Å². The molecule has 5 heteroatoms. The number of nitrogens with zero attached hydrogens (tertiary/aromatic N) is 1. The van der Waals surface area contributed by atoms with Crippen molar-refractivity contribution in [3.05, 3.63) is 42.5 Å². The fraction of sp³-hybridized carbons (Fsp3) is 0.167. The molecule has 4 nitrogen and oxygen atoms in total. The van der Waals surface area contributed by atoms with Gasteiger partial charge in [0.15, 0.2) is 0 Å². The number of hydrogen-bond acceptors (Lipinski definition) is 2. The van der Waals surface area contributed by atoms with Crippen molar-refractivity contribution in [3.63, 3.8) is 0 Å². The summed E-state index contributed by atoms with van der Waals surface area (Å²) in [7, 11) is -2.36. The zero-order valence-electron chi connectivity index (χ0n) is 9.45. The molecule has 0 heterocycles. The van der Waals surface area contributed by atoms with E-state index in [-0.39, 0.29) is 6.29 Å². The second-order valence-corrected chi connectivity index (χ2v) is 5.61. The number of anilines is 1. The van der Waals surface area contributed by atoms with E-state index in [9.17, 15) is 4.57 Å². The van der Waals surface area contributed by atoms with Crippen LogP contribution in [0.2, 0.25) is 0 Å². The van der Waals surface area contributed by atoms with Gasteiger partial charge in [-0.25, -0.2) is 0 Å². The Morgan fingerprint density at radius 1 is 1.12 bits per heavy atom. The maximum absolute atomic E-state index is 11.0. The first kappa shape index (κ1) is 12.1. The SMILES string of the molecule is CN(CP(=O)(O)O)c1cccc2ccccc12. The second kappa shape index (κ2) is 4.49. The van der Waals surface area contributed by atoms with Gasteiger partial charge >= 0.3 is 7.60 Å². The van der Waals surface area contributed by atoms with E-state index in [4.69, 9.17) is 9.79 Å². The van der Waals surface area contributed by atoms with Crippen LogP contribution in [0.3, 0.4) is 0 Å². The minimum atomic E-state index is -4.04. The van der Waals surface area contributed by atoms with Gasteiger partial charge in [-0.1, -0.05) is 36.4 Å². The minimum absolute atomic E-state index is 0.277. The zero-order valence-corrected chi connectivity index (χ0v) is 10.3. The Balaban J connectivity index is 2.45. The van der Waals surface area contributed by atoms with Crippen LogP contribution in [0.1, 0.15) is 0 Å². The van der Waals surface area contributed by atoms with Crippen LogP contribution in [0.25, 0.3) is 10.8 Å². The van der Waals surface area contributed by atoms with E-state index in [2.05, 4.69) is 0 Å². The van der Waals surface area contributed by atoms with Gasteiger partial charge in [0.05, 0.1) is 0 Å². The quantitative estimate of drug-likeness (QED) is 0.822. The summed E-state index contributed by atoms with van der Waals surface area (Å²) in [6.45, 7) is 0. The van der Waals surface area contributed by atoms with E-state index in [1.54, 1.807) is 11.9 Å². The summed E-state index contributed by atoms with van der Waals surface area (Å²) in [5.41, 5.74) is 0.825. The third-order valence-electron chi connectivity index (χ3n) is 2.57. The van der Waals surface area contributed by atoms with Gasteiger partial charge in [0.25, 0.3) is 0 Å². The molecule has 0 aliphatic heterocycles. The third kappa shape index (κ3) is 2.86. The van der Waals surface area contributed by atoms with Crippen LogP contribution in [0, 0.1) is 0 Å². The highest BCUT2D eigenvalue weighted by molar-refractivity contribution is 7.51. The molecule has 0 saturated heterocycles. The number of rotatable bonds is 3. The van der Waals surface area contributed by atoms with Gasteiger partial charge in [-0.15, -0.1) is 0 Å². The Hall–Kier alpha value is -1.35. The lowest BCUT2D eigenvalue weighted by Gasteiger charge is -2.21. The topological polar surface area (TPSA) is 60.8 Å². The van der Waals surface area contributed by atoms with Crippen molar-refractivity contribution in [3.8, 4) is 0 Å². The Morgan fingerprint density at radius 3 is 2.47 bits per heavy atom. The summed E-state index contributed by atoms with van der Waals surface area (Å²) in [5, 5.41) is 2.05. The molecule has 0 amide bonds. The number of hydrogen-bond donors (Lipinski definition) is 2. The van der Waals surface area contributed by atoms with E-state index in [0.29, 0.717) is 0 Å². The molecule has 0 aliphatic carbocycles. The van der Waals surface area contributed by atoms with Crippen molar-refractivity contribution in [2.45, 2.75) is 0 Å². The molecule has 17 heavy (non-hydrogen) atoms. The average Bonchev–Trinajstić information content (AvgIpc) is 2.26. The molecule has 0 aromatic heterocycles. The van der Waals surface area contributed by atoms with Crippen molar-refractivity contribution >= 4 is 24.1 Å². The summed E-state index contributed by atoms with van der Waals surface area (Å²) in [6.07, 6.45) is -0.277. The lowest BCUT2D eigenvalue weighted by atomic mass is 10.1. The van der Waals surface area contributed by atoms with Gasteiger partial charge in [0.2, 0.25) is 0 Å². The molecule has 0 fully saturated rings. The van der Waals surface area contributed by atoms with Crippen LogP contribution in [0.4, 0.5) is 5.69 Å². The smallest absolute Gasteiger partial charge is 0.344 e. The first-order valence-electron chi connectivity index (χ1n) is 5.21. The molecule has 0 radical (unpaired) electrons. The Kier molecular flexibility index (Phi) is 3.20. The van der Waals surface area contributed by atoms with Gasteiger partial charge in [-0.05, 0) is 11.5 Å². The van der Waals surface area contributed by atoms with Crippen LogP contribution < -0.4 is 4.90 Å². The summed E-state index contributed by atoms with van der Waals surface area (Å²) in [6, 6.07) is 13.5.